The lowest BCUT2D eigenvalue weighted by Gasteiger charge is -2.40. The van der Waals surface area contributed by atoms with Gasteiger partial charge in [0, 0.05) is 13.1 Å². The number of aromatic nitrogens is 2. The third-order valence-corrected chi connectivity index (χ3v) is 6.00. The van der Waals surface area contributed by atoms with Gasteiger partial charge < -0.3 is 10.0 Å². The molecule has 4 aromatic rings. The molecule has 1 aliphatic heterocycles. The van der Waals surface area contributed by atoms with Crippen molar-refractivity contribution < 1.29 is 5.11 Å². The van der Waals surface area contributed by atoms with Crippen LogP contribution in [0.25, 0.3) is 22.2 Å². The number of rotatable bonds is 4. The van der Waals surface area contributed by atoms with E-state index >= 15 is 0 Å². The fourth-order valence-corrected chi connectivity index (χ4v) is 4.29. The summed E-state index contributed by atoms with van der Waals surface area (Å²) < 4.78 is 0. The zero-order valence-electron chi connectivity index (χ0n) is 17.3. The van der Waals surface area contributed by atoms with Gasteiger partial charge in [0.15, 0.2) is 0 Å². The maximum atomic E-state index is 10.1. The van der Waals surface area contributed by atoms with Gasteiger partial charge in [-0.1, -0.05) is 36.4 Å². The van der Waals surface area contributed by atoms with E-state index in [4.69, 9.17) is 4.98 Å². The number of phenolic OH excluding ortho intramolecular Hbond substituents is 1. The number of nitrogens with zero attached hydrogens (tertiary/aromatic N) is 3. The van der Waals surface area contributed by atoms with Crippen molar-refractivity contribution in [1.82, 2.24) is 9.97 Å². The van der Waals surface area contributed by atoms with E-state index in [0.29, 0.717) is 11.7 Å². The lowest BCUT2D eigenvalue weighted by atomic mass is 9.92. The summed E-state index contributed by atoms with van der Waals surface area (Å²) in [5.74, 6) is 1.98. The molecular weight excluding hydrogens is 370 g/mol. The quantitative estimate of drug-likeness (QED) is 0.509. The van der Waals surface area contributed by atoms with Crippen LogP contribution < -0.4 is 4.90 Å². The zero-order chi connectivity index (χ0) is 20.7. The minimum atomic E-state index is 0.365. The van der Waals surface area contributed by atoms with E-state index in [1.54, 1.807) is 0 Å². The Kier molecular flexibility index (Phi) is 4.62. The number of fused-ring (bicyclic) bond motifs is 1. The van der Waals surface area contributed by atoms with Gasteiger partial charge in [-0.2, -0.15) is 0 Å². The van der Waals surface area contributed by atoms with Crippen LogP contribution in [0.4, 0.5) is 5.82 Å². The van der Waals surface area contributed by atoms with E-state index in [0.717, 1.165) is 58.6 Å². The number of hydrogen-bond donors (Lipinski definition) is 1. The molecule has 1 aliphatic rings. The molecule has 0 unspecified atom stereocenters. The second-order valence-electron chi connectivity index (χ2n) is 8.35. The van der Waals surface area contributed by atoms with E-state index in [-0.39, 0.29) is 0 Å². The smallest absolute Gasteiger partial charge is 0.147 e. The van der Waals surface area contributed by atoms with Gasteiger partial charge in [0.1, 0.15) is 11.6 Å². The van der Waals surface area contributed by atoms with Gasteiger partial charge in [-0.05, 0) is 78.3 Å². The van der Waals surface area contributed by atoms with Crippen LogP contribution in [0.5, 0.6) is 5.75 Å². The molecule has 4 heteroatoms. The van der Waals surface area contributed by atoms with Crippen LogP contribution in [-0.4, -0.2) is 28.2 Å². The van der Waals surface area contributed by atoms with Crippen molar-refractivity contribution in [2.24, 2.45) is 5.92 Å². The summed E-state index contributed by atoms with van der Waals surface area (Å²) in [4.78, 5) is 11.8. The summed E-state index contributed by atoms with van der Waals surface area (Å²) in [5, 5.41) is 10.1. The molecule has 2 heterocycles. The number of phenols is 1. The topological polar surface area (TPSA) is 49.2 Å². The van der Waals surface area contributed by atoms with Crippen LogP contribution in [0.3, 0.4) is 0 Å². The number of aromatic hydroxyl groups is 1. The van der Waals surface area contributed by atoms with Crippen molar-refractivity contribution in [2.75, 3.05) is 18.0 Å². The van der Waals surface area contributed by atoms with E-state index in [1.165, 1.54) is 5.56 Å². The van der Waals surface area contributed by atoms with Crippen LogP contribution >= 0.6 is 0 Å². The summed E-state index contributed by atoms with van der Waals surface area (Å²) >= 11 is 0. The second-order valence-corrected chi connectivity index (χ2v) is 8.35. The van der Waals surface area contributed by atoms with Gasteiger partial charge in [0.25, 0.3) is 0 Å². The van der Waals surface area contributed by atoms with Crippen LogP contribution in [0, 0.1) is 19.8 Å². The minimum Gasteiger partial charge on any atom is -0.507 e. The fourth-order valence-electron chi connectivity index (χ4n) is 4.29. The molecule has 30 heavy (non-hydrogen) atoms. The monoisotopic (exact) mass is 395 g/mol. The van der Waals surface area contributed by atoms with Crippen LogP contribution in [0.1, 0.15) is 16.7 Å². The summed E-state index contributed by atoms with van der Waals surface area (Å²) in [6.07, 6.45) is 3.00. The van der Waals surface area contributed by atoms with Gasteiger partial charge >= 0.3 is 0 Å². The van der Waals surface area contributed by atoms with E-state index < -0.39 is 0 Å². The molecule has 1 fully saturated rings. The summed E-state index contributed by atoms with van der Waals surface area (Å²) in [6.45, 7) is 5.90. The molecule has 1 saturated heterocycles. The van der Waals surface area contributed by atoms with Crippen molar-refractivity contribution >= 4 is 16.9 Å². The Bertz CT molecular complexity index is 1190. The Morgan fingerprint density at radius 1 is 0.900 bits per heavy atom. The lowest BCUT2D eigenvalue weighted by molar-refractivity contribution is 0.405. The van der Waals surface area contributed by atoms with Gasteiger partial charge in [-0.25, -0.2) is 4.98 Å². The van der Waals surface area contributed by atoms with Crippen molar-refractivity contribution in [1.29, 1.82) is 0 Å². The van der Waals surface area contributed by atoms with E-state index in [9.17, 15) is 5.11 Å². The highest BCUT2D eigenvalue weighted by Crippen LogP contribution is 2.31. The van der Waals surface area contributed by atoms with Crippen molar-refractivity contribution in [2.45, 2.75) is 20.3 Å². The third-order valence-electron chi connectivity index (χ3n) is 6.00. The average molecular weight is 396 g/mol. The first kappa shape index (κ1) is 18.6. The van der Waals surface area contributed by atoms with Gasteiger partial charge in [-0.15, -0.1) is 0 Å². The normalized spacial score (nSPS) is 14.1. The maximum absolute atomic E-state index is 10.1. The molecular formula is C26H25N3O. The fraction of sp³-hybridized carbons (Fsp3) is 0.231. The lowest BCUT2D eigenvalue weighted by Crippen LogP contribution is -2.48. The summed E-state index contributed by atoms with van der Waals surface area (Å²) in [5.41, 5.74) is 7.14. The molecule has 0 amide bonds. The first-order chi connectivity index (χ1) is 14.6. The predicted octanol–water partition coefficient (Wildman–Crippen LogP) is 5.30. The van der Waals surface area contributed by atoms with Crippen LogP contribution in [-0.2, 0) is 6.42 Å². The molecule has 1 aromatic heterocycles. The summed E-state index contributed by atoms with van der Waals surface area (Å²) in [7, 11) is 0. The molecule has 4 nitrogen and oxygen atoms in total. The third kappa shape index (κ3) is 3.50. The molecule has 0 aliphatic carbocycles. The molecule has 0 radical (unpaired) electrons. The zero-order valence-corrected chi connectivity index (χ0v) is 17.3. The van der Waals surface area contributed by atoms with E-state index in [1.807, 2.05) is 38.2 Å². The number of benzene rings is 3. The number of aryl methyl sites for hydroxylation is 2. The number of anilines is 1. The molecule has 150 valence electrons. The highest BCUT2D eigenvalue weighted by Gasteiger charge is 2.28. The Morgan fingerprint density at radius 2 is 1.63 bits per heavy atom. The SMILES string of the molecule is Cc1cc(-c2ccc3ncc(N4CC(Cc5ccccc5)C4)nc3c2)cc(C)c1O. The Hall–Kier alpha value is -3.40. The highest BCUT2D eigenvalue weighted by molar-refractivity contribution is 5.82. The van der Waals surface area contributed by atoms with Gasteiger partial charge in [0.05, 0.1) is 17.2 Å². The Balaban J connectivity index is 1.37. The maximum Gasteiger partial charge on any atom is 0.147 e. The molecule has 3 aromatic carbocycles. The van der Waals surface area contributed by atoms with Crippen LogP contribution in [0.2, 0.25) is 0 Å². The molecule has 0 saturated carbocycles. The molecule has 5 rings (SSSR count). The van der Waals surface area contributed by atoms with Crippen molar-refractivity contribution in [3.63, 3.8) is 0 Å². The largest absolute Gasteiger partial charge is 0.507 e. The molecule has 0 atom stereocenters. The first-order valence-electron chi connectivity index (χ1n) is 10.4. The highest BCUT2D eigenvalue weighted by atomic mass is 16.3. The molecule has 0 bridgehead atoms. The Labute approximate surface area is 176 Å². The van der Waals surface area contributed by atoms with Crippen molar-refractivity contribution in [3.05, 3.63) is 83.6 Å². The van der Waals surface area contributed by atoms with Gasteiger partial charge in [-0.3, -0.25) is 4.98 Å². The van der Waals surface area contributed by atoms with Crippen LogP contribution in [0.15, 0.2) is 66.9 Å². The molecule has 1 N–H and O–H groups in total. The van der Waals surface area contributed by atoms with E-state index in [2.05, 4.69) is 52.3 Å². The molecule has 0 spiro atoms. The summed E-state index contributed by atoms with van der Waals surface area (Å²) in [6, 6.07) is 20.9. The van der Waals surface area contributed by atoms with Crippen molar-refractivity contribution in [3.8, 4) is 16.9 Å². The minimum absolute atomic E-state index is 0.365. The second kappa shape index (κ2) is 7.45. The Morgan fingerprint density at radius 3 is 2.37 bits per heavy atom. The first-order valence-corrected chi connectivity index (χ1v) is 10.4. The average Bonchev–Trinajstić information content (AvgIpc) is 2.74. The standard InChI is InChI=1S/C26H25N3O/c1-17-10-22(11-18(2)26(17)30)21-8-9-23-24(13-21)28-25(14-27-23)29-15-20(16-29)12-19-6-4-3-5-7-19/h3-11,13-14,20,30H,12,15-16H2,1-2H3. The van der Waals surface area contributed by atoms with Gasteiger partial charge in [0.2, 0.25) is 0 Å². The predicted molar refractivity (Wildman–Crippen MR) is 122 cm³/mol. The number of hydrogen-bond acceptors (Lipinski definition) is 4.